The Kier molecular flexibility index (Phi) is 3.00. The molecular weight excluding hydrogens is 256 g/mol. The molecular formula is C14H20N4O2. The number of nitrogens with one attached hydrogen (secondary N) is 2. The van der Waals surface area contributed by atoms with Crippen LogP contribution < -0.4 is 5.43 Å². The SMILES string of the molecule is O=C(NN1CC2CCCC2C1)c1n[nH]c2c1COCC2. The zero-order valence-electron chi connectivity index (χ0n) is 11.5. The second-order valence-electron chi connectivity index (χ2n) is 6.13. The molecule has 1 saturated heterocycles. The van der Waals surface area contributed by atoms with Gasteiger partial charge >= 0.3 is 0 Å². The van der Waals surface area contributed by atoms with Crippen molar-refractivity contribution in [3.05, 3.63) is 17.0 Å². The molecule has 6 nitrogen and oxygen atoms in total. The fourth-order valence-electron chi connectivity index (χ4n) is 3.82. The van der Waals surface area contributed by atoms with Gasteiger partial charge in [-0.25, -0.2) is 5.01 Å². The summed E-state index contributed by atoms with van der Waals surface area (Å²) in [4.78, 5) is 12.4. The number of hydrazine groups is 1. The normalized spacial score (nSPS) is 29.2. The average molecular weight is 276 g/mol. The van der Waals surface area contributed by atoms with Crippen LogP contribution in [0.1, 0.15) is 41.0 Å². The lowest BCUT2D eigenvalue weighted by atomic mass is 10.0. The van der Waals surface area contributed by atoms with Crippen LogP contribution in [0.5, 0.6) is 0 Å². The van der Waals surface area contributed by atoms with Crippen molar-refractivity contribution in [2.24, 2.45) is 11.8 Å². The van der Waals surface area contributed by atoms with Crippen LogP contribution >= 0.6 is 0 Å². The molecule has 4 rings (SSSR count). The van der Waals surface area contributed by atoms with Crippen LogP contribution in [-0.2, 0) is 17.8 Å². The van der Waals surface area contributed by atoms with E-state index in [1.807, 2.05) is 0 Å². The molecule has 1 aromatic rings. The van der Waals surface area contributed by atoms with Crippen LogP contribution in [0.2, 0.25) is 0 Å². The van der Waals surface area contributed by atoms with Crippen LogP contribution in [0.3, 0.4) is 0 Å². The molecule has 0 spiro atoms. The van der Waals surface area contributed by atoms with Gasteiger partial charge in [0.2, 0.25) is 0 Å². The van der Waals surface area contributed by atoms with Crippen molar-refractivity contribution in [2.45, 2.75) is 32.3 Å². The highest BCUT2D eigenvalue weighted by molar-refractivity contribution is 5.93. The number of fused-ring (bicyclic) bond motifs is 2. The maximum absolute atomic E-state index is 12.4. The number of aromatic amines is 1. The van der Waals surface area contributed by atoms with Crippen molar-refractivity contribution < 1.29 is 9.53 Å². The van der Waals surface area contributed by atoms with Gasteiger partial charge in [0, 0.05) is 30.8 Å². The van der Waals surface area contributed by atoms with Crippen molar-refractivity contribution in [1.82, 2.24) is 20.6 Å². The standard InChI is InChI=1S/C14H20N4O2/c19-14(13-11-8-20-5-4-12(11)15-16-13)17-18-6-9-2-1-3-10(9)7-18/h9-10H,1-8H2,(H,15,16)(H,17,19). The van der Waals surface area contributed by atoms with Gasteiger partial charge < -0.3 is 4.74 Å². The third-order valence-electron chi connectivity index (χ3n) is 4.90. The van der Waals surface area contributed by atoms with E-state index in [1.54, 1.807) is 0 Å². The van der Waals surface area contributed by atoms with Crippen LogP contribution in [0.4, 0.5) is 0 Å². The van der Waals surface area contributed by atoms with E-state index in [0.29, 0.717) is 18.9 Å². The minimum absolute atomic E-state index is 0.104. The maximum Gasteiger partial charge on any atom is 0.286 e. The summed E-state index contributed by atoms with van der Waals surface area (Å²) in [5.41, 5.74) is 5.48. The van der Waals surface area contributed by atoms with Crippen LogP contribution in [0.25, 0.3) is 0 Å². The third-order valence-corrected chi connectivity index (χ3v) is 4.90. The number of rotatable bonds is 2. The van der Waals surface area contributed by atoms with Gasteiger partial charge in [0.05, 0.1) is 13.2 Å². The van der Waals surface area contributed by atoms with E-state index >= 15 is 0 Å². The molecule has 2 aliphatic heterocycles. The first-order valence-corrected chi connectivity index (χ1v) is 7.51. The Morgan fingerprint density at radius 2 is 2.15 bits per heavy atom. The molecule has 2 N–H and O–H groups in total. The summed E-state index contributed by atoms with van der Waals surface area (Å²) < 4.78 is 5.42. The summed E-state index contributed by atoms with van der Waals surface area (Å²) in [7, 11) is 0. The number of aromatic nitrogens is 2. The Morgan fingerprint density at radius 1 is 1.35 bits per heavy atom. The van der Waals surface area contributed by atoms with Crippen molar-refractivity contribution >= 4 is 5.91 Å². The van der Waals surface area contributed by atoms with Crippen molar-refractivity contribution in [3.63, 3.8) is 0 Å². The molecule has 6 heteroatoms. The van der Waals surface area contributed by atoms with Gasteiger partial charge in [-0.2, -0.15) is 5.10 Å². The van der Waals surface area contributed by atoms with E-state index in [4.69, 9.17) is 4.74 Å². The summed E-state index contributed by atoms with van der Waals surface area (Å²) in [6.45, 7) is 3.16. The molecule has 2 unspecified atom stereocenters. The first-order chi connectivity index (χ1) is 9.81. The van der Waals surface area contributed by atoms with E-state index in [1.165, 1.54) is 19.3 Å². The summed E-state index contributed by atoms with van der Waals surface area (Å²) >= 11 is 0. The number of ether oxygens (including phenoxy) is 1. The lowest BCUT2D eigenvalue weighted by Crippen LogP contribution is -2.41. The summed E-state index contributed by atoms with van der Waals surface area (Å²) in [6, 6.07) is 0. The first kappa shape index (κ1) is 12.3. The zero-order chi connectivity index (χ0) is 13.5. The number of hydrogen-bond acceptors (Lipinski definition) is 4. The van der Waals surface area contributed by atoms with Crippen molar-refractivity contribution in [1.29, 1.82) is 0 Å². The second kappa shape index (κ2) is 4.86. The Hall–Kier alpha value is -1.40. The predicted molar refractivity (Wildman–Crippen MR) is 71.8 cm³/mol. The zero-order valence-corrected chi connectivity index (χ0v) is 11.5. The van der Waals surface area contributed by atoms with E-state index in [2.05, 4.69) is 20.6 Å². The molecule has 0 aromatic carbocycles. The molecule has 3 aliphatic rings. The lowest BCUT2D eigenvalue weighted by molar-refractivity contribution is 0.0794. The highest BCUT2D eigenvalue weighted by atomic mass is 16.5. The number of hydrogen-bond donors (Lipinski definition) is 2. The number of carbonyl (C=O) groups is 1. The minimum Gasteiger partial charge on any atom is -0.376 e. The Balaban J connectivity index is 1.44. The Morgan fingerprint density at radius 3 is 2.95 bits per heavy atom. The van der Waals surface area contributed by atoms with E-state index < -0.39 is 0 Å². The molecule has 0 radical (unpaired) electrons. The fraction of sp³-hybridized carbons (Fsp3) is 0.714. The molecule has 3 heterocycles. The fourth-order valence-corrected chi connectivity index (χ4v) is 3.82. The third kappa shape index (κ3) is 2.03. The van der Waals surface area contributed by atoms with E-state index in [-0.39, 0.29) is 5.91 Å². The minimum atomic E-state index is -0.104. The first-order valence-electron chi connectivity index (χ1n) is 7.51. The van der Waals surface area contributed by atoms with Gasteiger partial charge in [-0.3, -0.25) is 15.3 Å². The molecule has 1 saturated carbocycles. The highest BCUT2D eigenvalue weighted by Gasteiger charge is 2.37. The van der Waals surface area contributed by atoms with Crippen LogP contribution in [-0.4, -0.2) is 40.8 Å². The molecule has 1 amide bonds. The van der Waals surface area contributed by atoms with Gasteiger partial charge in [-0.15, -0.1) is 0 Å². The van der Waals surface area contributed by atoms with Gasteiger partial charge in [0.1, 0.15) is 0 Å². The molecule has 1 aliphatic carbocycles. The largest absolute Gasteiger partial charge is 0.376 e. The monoisotopic (exact) mass is 276 g/mol. The van der Waals surface area contributed by atoms with Crippen molar-refractivity contribution in [2.75, 3.05) is 19.7 Å². The Bertz CT molecular complexity index is 515. The number of amides is 1. The van der Waals surface area contributed by atoms with Gasteiger partial charge in [0.15, 0.2) is 5.69 Å². The highest BCUT2D eigenvalue weighted by Crippen LogP contribution is 2.36. The lowest BCUT2D eigenvalue weighted by Gasteiger charge is -2.18. The summed E-state index contributed by atoms with van der Waals surface area (Å²) in [6.07, 6.45) is 4.77. The summed E-state index contributed by atoms with van der Waals surface area (Å²) in [5, 5.41) is 9.20. The molecule has 20 heavy (non-hydrogen) atoms. The van der Waals surface area contributed by atoms with Gasteiger partial charge in [-0.05, 0) is 24.7 Å². The van der Waals surface area contributed by atoms with Crippen LogP contribution in [0.15, 0.2) is 0 Å². The average Bonchev–Trinajstić information content (AvgIpc) is 3.10. The van der Waals surface area contributed by atoms with Gasteiger partial charge in [-0.1, -0.05) is 6.42 Å². The molecule has 2 fully saturated rings. The second-order valence-corrected chi connectivity index (χ2v) is 6.13. The Labute approximate surface area is 117 Å². The number of H-pyrrole nitrogens is 1. The predicted octanol–water partition coefficient (Wildman–Crippen LogP) is 0.859. The smallest absolute Gasteiger partial charge is 0.286 e. The maximum atomic E-state index is 12.4. The molecule has 0 bridgehead atoms. The quantitative estimate of drug-likeness (QED) is 0.840. The van der Waals surface area contributed by atoms with E-state index in [9.17, 15) is 4.79 Å². The molecule has 1 aromatic heterocycles. The van der Waals surface area contributed by atoms with E-state index in [0.717, 1.165) is 42.6 Å². The topological polar surface area (TPSA) is 70.2 Å². The number of carbonyl (C=O) groups excluding carboxylic acids is 1. The molecule has 2 atom stereocenters. The molecule has 108 valence electrons. The summed E-state index contributed by atoms with van der Waals surface area (Å²) in [5.74, 6) is 1.44. The van der Waals surface area contributed by atoms with Crippen LogP contribution in [0, 0.1) is 11.8 Å². The van der Waals surface area contributed by atoms with Gasteiger partial charge in [0.25, 0.3) is 5.91 Å². The number of nitrogens with zero attached hydrogens (tertiary/aromatic N) is 2. The van der Waals surface area contributed by atoms with Crippen molar-refractivity contribution in [3.8, 4) is 0 Å².